The predicted molar refractivity (Wildman–Crippen MR) is 42.9 cm³/mol. The van der Waals surface area contributed by atoms with E-state index < -0.39 is 42.8 Å². The van der Waals surface area contributed by atoms with Crippen LogP contribution in [0.3, 0.4) is 0 Å². The van der Waals surface area contributed by atoms with E-state index in [0.29, 0.717) is 6.92 Å². The minimum absolute atomic E-state index is 0.420. The van der Waals surface area contributed by atoms with Crippen molar-refractivity contribution in [3.63, 3.8) is 0 Å². The monoisotopic (exact) mass is 290 g/mol. The van der Waals surface area contributed by atoms with Gasteiger partial charge in [0.25, 0.3) is 0 Å². The second kappa shape index (κ2) is 4.80. The largest absolute Gasteiger partial charge is 0.378 e. The minimum atomic E-state index is -6.43. The summed E-state index contributed by atoms with van der Waals surface area (Å²) in [6.07, 6.45) is -7.32. The topological polar surface area (TPSA) is 40.5 Å². The van der Waals surface area contributed by atoms with Crippen LogP contribution in [0.2, 0.25) is 0 Å². The molecule has 0 amide bonds. The molecule has 0 saturated carbocycles. The molecular formula is C8H10F8O2. The van der Waals surface area contributed by atoms with Crippen LogP contribution in [0.4, 0.5) is 35.1 Å². The highest BCUT2D eigenvalue weighted by molar-refractivity contribution is 5.03. The fourth-order valence-electron chi connectivity index (χ4n) is 1.04. The number of rotatable bonds is 6. The lowest BCUT2D eigenvalue weighted by molar-refractivity contribution is -0.372. The van der Waals surface area contributed by atoms with Crippen molar-refractivity contribution in [2.45, 2.75) is 49.7 Å². The van der Waals surface area contributed by atoms with Crippen molar-refractivity contribution in [2.24, 2.45) is 0 Å². The summed E-state index contributed by atoms with van der Waals surface area (Å²) in [6, 6.07) is 0. The van der Waals surface area contributed by atoms with Gasteiger partial charge in [-0.1, -0.05) is 6.92 Å². The van der Waals surface area contributed by atoms with E-state index in [1.807, 2.05) is 0 Å². The number of aliphatic hydroxyl groups is 2. The van der Waals surface area contributed by atoms with Gasteiger partial charge in [-0.25, -0.2) is 0 Å². The lowest BCUT2D eigenvalue weighted by atomic mass is 9.95. The second-order valence-electron chi connectivity index (χ2n) is 3.60. The summed E-state index contributed by atoms with van der Waals surface area (Å²) in [5.74, 6) is -23.8. The van der Waals surface area contributed by atoms with Crippen molar-refractivity contribution in [1.82, 2.24) is 0 Å². The Hall–Kier alpha value is -0.640. The summed E-state index contributed by atoms with van der Waals surface area (Å²) in [5.41, 5.74) is 0. The van der Waals surface area contributed by atoms with Gasteiger partial charge in [-0.05, 0) is 0 Å². The number of hydrogen-bond acceptors (Lipinski definition) is 2. The maximum atomic E-state index is 12.8. The third-order valence-electron chi connectivity index (χ3n) is 2.20. The van der Waals surface area contributed by atoms with Gasteiger partial charge < -0.3 is 10.2 Å². The molecule has 0 aliphatic carbocycles. The lowest BCUT2D eigenvalue weighted by Crippen LogP contribution is -2.62. The summed E-state index contributed by atoms with van der Waals surface area (Å²) >= 11 is 0. The maximum Gasteiger partial charge on any atom is 0.378 e. The standard InChI is InChI=1S/C8H10F8O2/c1-2-5(9,10)7(13,14)8(15,16)6(11,12)3-4(17)18/h4,17-18H,2-3H2,1H3. The van der Waals surface area contributed by atoms with Crippen molar-refractivity contribution >= 4 is 0 Å². The first-order valence-electron chi connectivity index (χ1n) is 4.60. The van der Waals surface area contributed by atoms with Crippen LogP contribution in [-0.2, 0) is 0 Å². The first kappa shape index (κ1) is 17.4. The smallest absolute Gasteiger partial charge is 0.368 e. The Morgan fingerprint density at radius 2 is 1.11 bits per heavy atom. The van der Waals surface area contributed by atoms with E-state index in [9.17, 15) is 35.1 Å². The number of aliphatic hydroxyl groups excluding tert-OH is 1. The maximum absolute atomic E-state index is 12.8. The Morgan fingerprint density at radius 3 is 1.39 bits per heavy atom. The van der Waals surface area contributed by atoms with Crippen molar-refractivity contribution in [2.75, 3.05) is 0 Å². The molecule has 0 aliphatic rings. The average molecular weight is 290 g/mol. The van der Waals surface area contributed by atoms with Gasteiger partial charge in [0.1, 0.15) is 0 Å². The van der Waals surface area contributed by atoms with Gasteiger partial charge in [0.05, 0.1) is 6.42 Å². The van der Waals surface area contributed by atoms with Crippen molar-refractivity contribution in [1.29, 1.82) is 0 Å². The Labute approximate surface area is 96.2 Å². The van der Waals surface area contributed by atoms with E-state index in [1.165, 1.54) is 0 Å². The zero-order valence-electron chi connectivity index (χ0n) is 8.91. The summed E-state index contributed by atoms with van der Waals surface area (Å²) in [4.78, 5) is 0. The Kier molecular flexibility index (Phi) is 4.63. The van der Waals surface area contributed by atoms with Gasteiger partial charge in [-0.15, -0.1) is 0 Å². The highest BCUT2D eigenvalue weighted by Gasteiger charge is 2.79. The van der Waals surface area contributed by atoms with Crippen LogP contribution >= 0.6 is 0 Å². The fourth-order valence-corrected chi connectivity index (χ4v) is 1.04. The molecule has 18 heavy (non-hydrogen) atoms. The molecule has 0 aromatic heterocycles. The number of halogens is 8. The third-order valence-corrected chi connectivity index (χ3v) is 2.20. The van der Waals surface area contributed by atoms with E-state index >= 15 is 0 Å². The molecule has 0 spiro atoms. The molecule has 10 heteroatoms. The molecule has 0 radical (unpaired) electrons. The molecule has 0 atom stereocenters. The third kappa shape index (κ3) is 2.68. The van der Waals surface area contributed by atoms with Crippen molar-refractivity contribution in [3.8, 4) is 0 Å². The van der Waals surface area contributed by atoms with Gasteiger partial charge in [0.15, 0.2) is 6.29 Å². The first-order chi connectivity index (χ1) is 7.73. The Balaban J connectivity index is 5.49. The van der Waals surface area contributed by atoms with E-state index in [0.717, 1.165) is 0 Å². The van der Waals surface area contributed by atoms with Crippen LogP contribution in [0.1, 0.15) is 19.8 Å². The molecule has 2 N–H and O–H groups in total. The first-order valence-corrected chi connectivity index (χ1v) is 4.60. The predicted octanol–water partition coefficient (Wildman–Crippen LogP) is 2.64. The molecule has 0 unspecified atom stereocenters. The Morgan fingerprint density at radius 1 is 0.778 bits per heavy atom. The summed E-state index contributed by atoms with van der Waals surface area (Å²) < 4.78 is 102. The molecule has 0 rings (SSSR count). The zero-order valence-corrected chi connectivity index (χ0v) is 8.91. The average Bonchev–Trinajstić information content (AvgIpc) is 2.14. The molecule has 2 nitrogen and oxygen atoms in total. The van der Waals surface area contributed by atoms with Crippen LogP contribution in [0, 0.1) is 0 Å². The summed E-state index contributed by atoms with van der Waals surface area (Å²) in [5, 5.41) is 16.2. The zero-order chi connectivity index (χ0) is 15.0. The molecule has 0 aliphatic heterocycles. The molecule has 0 fully saturated rings. The van der Waals surface area contributed by atoms with Crippen LogP contribution in [0.5, 0.6) is 0 Å². The molecular weight excluding hydrogens is 280 g/mol. The highest BCUT2D eigenvalue weighted by Crippen LogP contribution is 2.54. The van der Waals surface area contributed by atoms with Crippen LogP contribution in [0.25, 0.3) is 0 Å². The highest BCUT2D eigenvalue weighted by atomic mass is 19.4. The molecule has 0 heterocycles. The molecule has 0 aromatic rings. The van der Waals surface area contributed by atoms with E-state index in [4.69, 9.17) is 10.2 Å². The minimum Gasteiger partial charge on any atom is -0.368 e. The van der Waals surface area contributed by atoms with Gasteiger partial charge in [0.2, 0.25) is 0 Å². The van der Waals surface area contributed by atoms with Gasteiger partial charge >= 0.3 is 23.7 Å². The van der Waals surface area contributed by atoms with Crippen LogP contribution in [0.15, 0.2) is 0 Å². The molecule has 0 aromatic carbocycles. The number of alkyl halides is 8. The van der Waals surface area contributed by atoms with E-state index in [2.05, 4.69) is 0 Å². The van der Waals surface area contributed by atoms with Crippen LogP contribution in [-0.4, -0.2) is 40.2 Å². The van der Waals surface area contributed by atoms with Gasteiger partial charge in [-0.3, -0.25) is 0 Å². The summed E-state index contributed by atoms with van der Waals surface area (Å²) in [7, 11) is 0. The molecule has 0 bridgehead atoms. The van der Waals surface area contributed by atoms with Crippen molar-refractivity contribution < 1.29 is 45.3 Å². The number of hydrogen-bond donors (Lipinski definition) is 2. The molecule has 0 saturated heterocycles. The lowest BCUT2D eigenvalue weighted by Gasteiger charge is -2.36. The van der Waals surface area contributed by atoms with Gasteiger partial charge in [-0.2, -0.15) is 35.1 Å². The quantitative estimate of drug-likeness (QED) is 0.583. The van der Waals surface area contributed by atoms with E-state index in [1.54, 1.807) is 0 Å². The van der Waals surface area contributed by atoms with Crippen LogP contribution < -0.4 is 0 Å². The second-order valence-corrected chi connectivity index (χ2v) is 3.60. The summed E-state index contributed by atoms with van der Waals surface area (Å²) in [6.45, 7) is 0.420. The van der Waals surface area contributed by atoms with Gasteiger partial charge in [0, 0.05) is 6.42 Å². The molecule has 110 valence electrons. The Bertz CT molecular complexity index is 289. The van der Waals surface area contributed by atoms with Crippen molar-refractivity contribution in [3.05, 3.63) is 0 Å². The SMILES string of the molecule is CCC(F)(F)C(F)(F)C(F)(F)C(F)(F)CC(O)O. The van der Waals surface area contributed by atoms with E-state index in [-0.39, 0.29) is 0 Å². The fraction of sp³-hybridized carbons (Fsp3) is 1.00. The normalized spacial score (nSPS) is 15.3.